The molecule has 3 heterocycles. The molecule has 5 rings (SSSR count). The molecule has 1 atom stereocenters. The monoisotopic (exact) mass is 513 g/mol. The molecule has 0 spiro atoms. The Balaban J connectivity index is 1.27. The number of carbonyl (C=O) groups is 2. The van der Waals surface area contributed by atoms with Crippen molar-refractivity contribution >= 4 is 23.4 Å². The lowest BCUT2D eigenvalue weighted by atomic mass is 9.98. The zero-order valence-electron chi connectivity index (χ0n) is 20.1. The van der Waals surface area contributed by atoms with E-state index in [1.54, 1.807) is 47.1 Å². The van der Waals surface area contributed by atoms with Gasteiger partial charge in [0.1, 0.15) is 18.8 Å². The molecule has 2 amide bonds. The van der Waals surface area contributed by atoms with E-state index in [9.17, 15) is 14.0 Å². The van der Waals surface area contributed by atoms with Crippen LogP contribution in [0.1, 0.15) is 30.0 Å². The van der Waals surface area contributed by atoms with Crippen LogP contribution in [0.5, 0.6) is 11.5 Å². The third kappa shape index (κ3) is 4.37. The van der Waals surface area contributed by atoms with Crippen molar-refractivity contribution < 1.29 is 23.5 Å². The van der Waals surface area contributed by atoms with Gasteiger partial charge in [-0.25, -0.2) is 14.1 Å². The zero-order chi connectivity index (χ0) is 25.6. The van der Waals surface area contributed by atoms with Crippen LogP contribution in [0.15, 0.2) is 42.7 Å². The van der Waals surface area contributed by atoms with E-state index >= 15 is 0 Å². The highest BCUT2D eigenvalue weighted by Gasteiger charge is 2.42. The Morgan fingerprint density at radius 2 is 2.00 bits per heavy atom. The standard InChI is InChI=1S/C25H25ClFN5O4/c1-15-7-8-16(11-18(15)27)32-14-28-22(29-32)24(34)31-10-9-30(13-25(31,2)3)23(33)20-12-35-19-6-4-5-17(26)21(19)36-20/h4-8,11,14,20H,9-10,12-13H2,1-3H3. The summed E-state index contributed by atoms with van der Waals surface area (Å²) in [6.45, 7) is 6.39. The van der Waals surface area contributed by atoms with Gasteiger partial charge in [-0.2, -0.15) is 0 Å². The fourth-order valence-corrected chi connectivity index (χ4v) is 4.64. The first-order valence-electron chi connectivity index (χ1n) is 11.5. The minimum absolute atomic E-state index is 0.000836. The van der Waals surface area contributed by atoms with Gasteiger partial charge in [0.05, 0.1) is 16.2 Å². The van der Waals surface area contributed by atoms with Crippen molar-refractivity contribution in [3.63, 3.8) is 0 Å². The third-order valence-electron chi connectivity index (χ3n) is 6.42. The average Bonchev–Trinajstić information content (AvgIpc) is 3.35. The summed E-state index contributed by atoms with van der Waals surface area (Å²) in [6, 6.07) is 9.85. The summed E-state index contributed by atoms with van der Waals surface area (Å²) in [5, 5.41) is 4.64. The van der Waals surface area contributed by atoms with E-state index < -0.39 is 11.6 Å². The van der Waals surface area contributed by atoms with Gasteiger partial charge in [-0.15, -0.1) is 5.10 Å². The van der Waals surface area contributed by atoms with E-state index in [-0.39, 0.29) is 43.2 Å². The number of rotatable bonds is 3. The molecule has 0 bridgehead atoms. The number of fused-ring (bicyclic) bond motifs is 1. The smallest absolute Gasteiger partial charge is 0.294 e. The number of hydrogen-bond acceptors (Lipinski definition) is 6. The van der Waals surface area contributed by atoms with Crippen LogP contribution in [0, 0.1) is 12.7 Å². The lowest BCUT2D eigenvalue weighted by molar-refractivity contribution is -0.145. The van der Waals surface area contributed by atoms with Crippen molar-refractivity contribution in [2.24, 2.45) is 0 Å². The van der Waals surface area contributed by atoms with Gasteiger partial charge in [-0.05, 0) is 50.6 Å². The molecule has 3 aromatic rings. The van der Waals surface area contributed by atoms with Crippen LogP contribution < -0.4 is 9.47 Å². The minimum Gasteiger partial charge on any atom is -0.485 e. The number of ether oxygens (including phenoxy) is 2. The molecule has 11 heteroatoms. The molecule has 1 unspecified atom stereocenters. The zero-order valence-corrected chi connectivity index (χ0v) is 20.8. The fraction of sp³-hybridized carbons (Fsp3) is 0.360. The molecule has 2 aliphatic rings. The van der Waals surface area contributed by atoms with Crippen molar-refractivity contribution in [1.29, 1.82) is 0 Å². The van der Waals surface area contributed by atoms with Gasteiger partial charge >= 0.3 is 0 Å². The lowest BCUT2D eigenvalue weighted by Gasteiger charge is -2.47. The molecule has 1 fully saturated rings. The van der Waals surface area contributed by atoms with Crippen molar-refractivity contribution in [3.8, 4) is 17.2 Å². The summed E-state index contributed by atoms with van der Waals surface area (Å²) in [6.07, 6.45) is 0.552. The number of amides is 2. The highest BCUT2D eigenvalue weighted by molar-refractivity contribution is 6.32. The number of aromatic nitrogens is 3. The van der Waals surface area contributed by atoms with Crippen LogP contribution in [-0.4, -0.2) is 74.3 Å². The van der Waals surface area contributed by atoms with Gasteiger partial charge in [-0.3, -0.25) is 9.59 Å². The third-order valence-corrected chi connectivity index (χ3v) is 6.72. The Morgan fingerprint density at radius 1 is 1.19 bits per heavy atom. The molecule has 0 N–H and O–H groups in total. The van der Waals surface area contributed by atoms with E-state index in [1.807, 2.05) is 13.8 Å². The molecule has 2 aliphatic heterocycles. The molecular weight excluding hydrogens is 489 g/mol. The summed E-state index contributed by atoms with van der Waals surface area (Å²) in [7, 11) is 0. The molecule has 1 aromatic heterocycles. The van der Waals surface area contributed by atoms with Crippen LogP contribution in [-0.2, 0) is 4.79 Å². The van der Waals surface area contributed by atoms with Gasteiger partial charge in [0, 0.05) is 19.6 Å². The maximum Gasteiger partial charge on any atom is 0.294 e. The number of halogens is 2. The SMILES string of the molecule is Cc1ccc(-n2cnc(C(=O)N3CCN(C(=O)C4COc5cccc(Cl)c5O4)CC3(C)C)n2)cc1F. The number of piperazine rings is 1. The number of carbonyl (C=O) groups excluding carboxylic acids is 2. The maximum atomic E-state index is 14.0. The molecule has 0 saturated carbocycles. The Kier molecular flexibility index (Phi) is 6.07. The van der Waals surface area contributed by atoms with E-state index in [4.69, 9.17) is 21.1 Å². The Labute approximate surface area is 212 Å². The fourth-order valence-electron chi connectivity index (χ4n) is 4.43. The second-order valence-electron chi connectivity index (χ2n) is 9.46. The second-order valence-corrected chi connectivity index (χ2v) is 9.87. The van der Waals surface area contributed by atoms with Crippen LogP contribution in [0.25, 0.3) is 5.69 Å². The number of aryl methyl sites for hydroxylation is 1. The number of para-hydroxylation sites is 1. The normalized spacial score (nSPS) is 18.8. The van der Waals surface area contributed by atoms with Crippen molar-refractivity contribution in [1.82, 2.24) is 24.6 Å². The Hall–Kier alpha value is -3.66. The van der Waals surface area contributed by atoms with Gasteiger partial charge in [0.25, 0.3) is 11.8 Å². The molecule has 9 nitrogen and oxygen atoms in total. The predicted octanol–water partition coefficient (Wildman–Crippen LogP) is 3.27. The summed E-state index contributed by atoms with van der Waals surface area (Å²) >= 11 is 6.20. The highest BCUT2D eigenvalue weighted by atomic mass is 35.5. The summed E-state index contributed by atoms with van der Waals surface area (Å²) in [4.78, 5) is 34.0. The van der Waals surface area contributed by atoms with Crippen LogP contribution in [0.4, 0.5) is 4.39 Å². The van der Waals surface area contributed by atoms with Crippen molar-refractivity contribution in [2.75, 3.05) is 26.2 Å². The number of hydrogen-bond donors (Lipinski definition) is 0. The first-order chi connectivity index (χ1) is 17.1. The summed E-state index contributed by atoms with van der Waals surface area (Å²) in [5.41, 5.74) is 0.287. The quantitative estimate of drug-likeness (QED) is 0.534. The van der Waals surface area contributed by atoms with Crippen molar-refractivity contribution in [3.05, 3.63) is 65.0 Å². The Bertz CT molecular complexity index is 1340. The molecule has 0 radical (unpaired) electrons. The highest BCUT2D eigenvalue weighted by Crippen LogP contribution is 2.38. The van der Waals surface area contributed by atoms with Gasteiger partial charge in [0.2, 0.25) is 11.9 Å². The predicted molar refractivity (Wildman–Crippen MR) is 129 cm³/mol. The van der Waals surface area contributed by atoms with Gasteiger partial charge < -0.3 is 19.3 Å². The van der Waals surface area contributed by atoms with Crippen LogP contribution >= 0.6 is 11.6 Å². The maximum absolute atomic E-state index is 14.0. The Morgan fingerprint density at radius 3 is 2.75 bits per heavy atom. The van der Waals surface area contributed by atoms with E-state index in [0.29, 0.717) is 34.3 Å². The van der Waals surface area contributed by atoms with Crippen molar-refractivity contribution in [2.45, 2.75) is 32.4 Å². The minimum atomic E-state index is -0.831. The molecule has 2 aromatic carbocycles. The molecular formula is C25H25ClFN5O4. The van der Waals surface area contributed by atoms with Crippen LogP contribution in [0.3, 0.4) is 0 Å². The summed E-state index contributed by atoms with van der Waals surface area (Å²) in [5.74, 6) is -0.106. The van der Waals surface area contributed by atoms with E-state index in [0.717, 1.165) is 0 Å². The summed E-state index contributed by atoms with van der Waals surface area (Å²) < 4.78 is 26.9. The molecule has 36 heavy (non-hydrogen) atoms. The molecule has 188 valence electrons. The number of nitrogens with zero attached hydrogens (tertiary/aromatic N) is 5. The first-order valence-corrected chi connectivity index (χ1v) is 11.9. The largest absolute Gasteiger partial charge is 0.485 e. The van der Waals surface area contributed by atoms with Gasteiger partial charge in [0.15, 0.2) is 11.5 Å². The van der Waals surface area contributed by atoms with E-state index in [2.05, 4.69) is 10.1 Å². The first kappa shape index (κ1) is 24.1. The second kappa shape index (κ2) is 9.09. The molecule has 1 saturated heterocycles. The van der Waals surface area contributed by atoms with Crippen LogP contribution in [0.2, 0.25) is 5.02 Å². The van der Waals surface area contributed by atoms with Gasteiger partial charge in [-0.1, -0.05) is 23.7 Å². The topological polar surface area (TPSA) is 89.8 Å². The average molecular weight is 514 g/mol. The number of benzene rings is 2. The van der Waals surface area contributed by atoms with E-state index in [1.165, 1.54) is 17.1 Å². The molecule has 0 aliphatic carbocycles. The lowest BCUT2D eigenvalue weighted by Crippen LogP contribution is -2.64.